The van der Waals surface area contributed by atoms with Gasteiger partial charge in [-0.05, 0) is 34.6 Å². The maximum absolute atomic E-state index is 12.6. The van der Waals surface area contributed by atoms with Crippen molar-refractivity contribution in [1.82, 2.24) is 15.6 Å². The molecule has 2 aromatic rings. The van der Waals surface area contributed by atoms with Crippen molar-refractivity contribution < 1.29 is 4.79 Å². The molecular weight excluding hydrogens is 298 g/mol. The lowest BCUT2D eigenvalue weighted by atomic mass is 9.80. The predicted molar refractivity (Wildman–Crippen MR) is 97.7 cm³/mol. The molecule has 1 aromatic heterocycles. The number of hydrogen-bond donors (Lipinski definition) is 3. The fourth-order valence-corrected chi connectivity index (χ4v) is 3.76. The van der Waals surface area contributed by atoms with Crippen LogP contribution in [0.5, 0.6) is 0 Å². The molecule has 1 aliphatic heterocycles. The summed E-state index contributed by atoms with van der Waals surface area (Å²) in [5.74, 6) is 0.0183. The van der Waals surface area contributed by atoms with E-state index in [1.54, 1.807) is 0 Å². The molecule has 2 unspecified atom stereocenters. The van der Waals surface area contributed by atoms with Gasteiger partial charge in [0.25, 0.3) is 0 Å². The first-order valence-corrected chi connectivity index (χ1v) is 8.74. The van der Waals surface area contributed by atoms with Crippen LogP contribution in [0.3, 0.4) is 0 Å². The van der Waals surface area contributed by atoms with Gasteiger partial charge < -0.3 is 15.6 Å². The second-order valence-corrected chi connectivity index (χ2v) is 8.21. The van der Waals surface area contributed by atoms with E-state index in [1.165, 1.54) is 27.6 Å². The van der Waals surface area contributed by atoms with Crippen LogP contribution in [0.25, 0.3) is 16.5 Å². The largest absolute Gasteiger partial charge is 0.361 e. The average Bonchev–Trinajstić information content (AvgIpc) is 2.96. The summed E-state index contributed by atoms with van der Waals surface area (Å²) in [6.45, 7) is 7.81. The third-order valence-electron chi connectivity index (χ3n) is 4.99. The van der Waals surface area contributed by atoms with Crippen molar-refractivity contribution >= 4 is 22.4 Å². The first kappa shape index (κ1) is 15.5. The van der Waals surface area contributed by atoms with Gasteiger partial charge >= 0.3 is 0 Å². The van der Waals surface area contributed by atoms with Gasteiger partial charge in [-0.15, -0.1) is 0 Å². The van der Waals surface area contributed by atoms with Gasteiger partial charge in [0.05, 0.1) is 5.92 Å². The number of H-pyrrole nitrogens is 1. The fourth-order valence-electron chi connectivity index (χ4n) is 3.76. The van der Waals surface area contributed by atoms with E-state index in [1.807, 2.05) is 0 Å². The summed E-state index contributed by atoms with van der Waals surface area (Å²) in [5.41, 5.74) is 5.19. The first-order chi connectivity index (χ1) is 11.4. The first-order valence-electron chi connectivity index (χ1n) is 8.74. The summed E-state index contributed by atoms with van der Waals surface area (Å²) in [6, 6.07) is 6.69. The lowest BCUT2D eigenvalue weighted by molar-refractivity contribution is -0.124. The van der Waals surface area contributed by atoms with E-state index in [4.69, 9.17) is 0 Å². The summed E-state index contributed by atoms with van der Waals surface area (Å²) in [5, 5.41) is 7.99. The van der Waals surface area contributed by atoms with Crippen LogP contribution in [0.15, 0.2) is 30.5 Å². The predicted octanol–water partition coefficient (Wildman–Crippen LogP) is 2.86. The quantitative estimate of drug-likeness (QED) is 0.796. The van der Waals surface area contributed by atoms with Gasteiger partial charge in [0.15, 0.2) is 0 Å². The standard InChI is InChI=1S/C20H25N3O/c1-20(2,3)11-23-19(24)13-7-15-14-5-4-6-16-18(14)12(9-21-16)8-17(15)22-10-13/h4-7,9,13,17,21-22H,8,10-11H2,1-3H3,(H,23,24). The smallest absolute Gasteiger partial charge is 0.228 e. The Bertz CT molecular complexity index is 825. The van der Waals surface area contributed by atoms with Gasteiger partial charge in [-0.2, -0.15) is 0 Å². The zero-order valence-corrected chi connectivity index (χ0v) is 14.6. The molecule has 0 radical (unpaired) electrons. The summed E-state index contributed by atoms with van der Waals surface area (Å²) in [6.07, 6.45) is 5.29. The highest BCUT2D eigenvalue weighted by Gasteiger charge is 2.32. The molecule has 4 heteroatoms. The molecule has 0 spiro atoms. The molecule has 4 nitrogen and oxygen atoms in total. The van der Waals surface area contributed by atoms with Crippen molar-refractivity contribution in [1.29, 1.82) is 0 Å². The SMILES string of the molecule is CC(C)(C)CNC(=O)C1C=C2c3cccc4[nH]cc(c34)CC2NC1. The number of carbonyl (C=O) groups excluding carboxylic acids is 1. The highest BCUT2D eigenvalue weighted by atomic mass is 16.1. The Labute approximate surface area is 142 Å². The van der Waals surface area contributed by atoms with Crippen LogP contribution in [0, 0.1) is 11.3 Å². The lowest BCUT2D eigenvalue weighted by Crippen LogP contribution is -2.46. The Morgan fingerprint density at radius 2 is 2.17 bits per heavy atom. The van der Waals surface area contributed by atoms with Crippen LogP contribution in [0.4, 0.5) is 0 Å². The zero-order valence-electron chi connectivity index (χ0n) is 14.6. The Hall–Kier alpha value is -2.07. The third-order valence-corrected chi connectivity index (χ3v) is 4.99. The molecule has 2 aliphatic rings. The van der Waals surface area contributed by atoms with Gasteiger partial charge in [-0.25, -0.2) is 0 Å². The van der Waals surface area contributed by atoms with Crippen LogP contribution in [-0.2, 0) is 11.2 Å². The molecule has 3 N–H and O–H groups in total. The second kappa shape index (κ2) is 5.49. The number of rotatable bonds is 2. The molecule has 0 fully saturated rings. The Balaban J connectivity index is 1.65. The molecule has 0 bridgehead atoms. The van der Waals surface area contributed by atoms with E-state index in [-0.39, 0.29) is 17.2 Å². The number of aromatic amines is 1. The normalized spacial score (nSPS) is 22.9. The Morgan fingerprint density at radius 1 is 1.33 bits per heavy atom. The van der Waals surface area contributed by atoms with Crippen molar-refractivity contribution in [3.63, 3.8) is 0 Å². The van der Waals surface area contributed by atoms with E-state index < -0.39 is 0 Å². The maximum Gasteiger partial charge on any atom is 0.228 e. The van der Waals surface area contributed by atoms with Gasteiger partial charge in [-0.1, -0.05) is 39.0 Å². The van der Waals surface area contributed by atoms with Crippen LogP contribution in [-0.4, -0.2) is 30.0 Å². The fraction of sp³-hybridized carbons (Fsp3) is 0.450. The average molecular weight is 323 g/mol. The summed E-state index contributed by atoms with van der Waals surface area (Å²) in [4.78, 5) is 15.9. The number of amides is 1. The van der Waals surface area contributed by atoms with Crippen molar-refractivity contribution in [3.05, 3.63) is 41.6 Å². The van der Waals surface area contributed by atoms with E-state index in [0.717, 1.165) is 6.42 Å². The molecule has 1 amide bonds. The van der Waals surface area contributed by atoms with E-state index in [2.05, 4.69) is 66.9 Å². The van der Waals surface area contributed by atoms with Gasteiger partial charge in [0, 0.05) is 36.2 Å². The number of carbonyl (C=O) groups is 1. The second-order valence-electron chi connectivity index (χ2n) is 8.21. The molecular formula is C20H25N3O. The molecule has 1 aromatic carbocycles. The molecule has 0 saturated heterocycles. The maximum atomic E-state index is 12.6. The van der Waals surface area contributed by atoms with Crippen LogP contribution < -0.4 is 10.6 Å². The number of benzene rings is 1. The van der Waals surface area contributed by atoms with E-state index >= 15 is 0 Å². The molecule has 2 atom stereocenters. The van der Waals surface area contributed by atoms with Gasteiger partial charge in [0.1, 0.15) is 0 Å². The van der Waals surface area contributed by atoms with E-state index in [9.17, 15) is 4.79 Å². The highest BCUT2D eigenvalue weighted by molar-refractivity contribution is 5.99. The van der Waals surface area contributed by atoms with E-state index in [0.29, 0.717) is 19.1 Å². The Kier molecular flexibility index (Phi) is 3.53. The number of nitrogens with one attached hydrogen (secondary N) is 3. The van der Waals surface area contributed by atoms with Crippen molar-refractivity contribution in [3.8, 4) is 0 Å². The summed E-state index contributed by atoms with van der Waals surface area (Å²) >= 11 is 0. The molecule has 1 aliphatic carbocycles. The van der Waals surface area contributed by atoms with Gasteiger partial charge in [0.2, 0.25) is 5.91 Å². The van der Waals surface area contributed by atoms with Gasteiger partial charge in [-0.3, -0.25) is 4.79 Å². The van der Waals surface area contributed by atoms with Crippen molar-refractivity contribution in [2.45, 2.75) is 33.2 Å². The minimum atomic E-state index is -0.102. The number of hydrogen-bond acceptors (Lipinski definition) is 2. The minimum Gasteiger partial charge on any atom is -0.361 e. The monoisotopic (exact) mass is 323 g/mol. The molecule has 4 rings (SSSR count). The van der Waals surface area contributed by atoms with Crippen molar-refractivity contribution in [2.75, 3.05) is 13.1 Å². The van der Waals surface area contributed by atoms with Crippen LogP contribution >= 0.6 is 0 Å². The molecule has 24 heavy (non-hydrogen) atoms. The zero-order chi connectivity index (χ0) is 16.9. The summed E-state index contributed by atoms with van der Waals surface area (Å²) in [7, 11) is 0. The number of aromatic nitrogens is 1. The third kappa shape index (κ3) is 2.65. The Morgan fingerprint density at radius 3 is 2.96 bits per heavy atom. The van der Waals surface area contributed by atoms with Crippen molar-refractivity contribution in [2.24, 2.45) is 11.3 Å². The topological polar surface area (TPSA) is 56.9 Å². The summed E-state index contributed by atoms with van der Waals surface area (Å²) < 4.78 is 0. The number of fused-ring (bicyclic) bond motifs is 2. The highest BCUT2D eigenvalue weighted by Crippen LogP contribution is 2.38. The molecule has 2 heterocycles. The minimum absolute atomic E-state index is 0.101. The molecule has 0 saturated carbocycles. The van der Waals surface area contributed by atoms with Crippen LogP contribution in [0.2, 0.25) is 0 Å². The molecule has 126 valence electrons. The van der Waals surface area contributed by atoms with Crippen LogP contribution in [0.1, 0.15) is 31.9 Å². The lowest BCUT2D eigenvalue weighted by Gasteiger charge is -2.33.